The Morgan fingerprint density at radius 1 is 1.19 bits per heavy atom. The number of hydrogen-bond donors (Lipinski definition) is 2. The summed E-state index contributed by atoms with van der Waals surface area (Å²) in [5.41, 5.74) is 0.0508. The molecule has 1 saturated heterocycles. The molecule has 1 aliphatic heterocycles. The number of rotatable bonds is 7. The highest BCUT2D eigenvalue weighted by atomic mass is 19.4. The van der Waals surface area contributed by atoms with Gasteiger partial charge in [0, 0.05) is 19.6 Å². The van der Waals surface area contributed by atoms with Crippen LogP contribution in [0.3, 0.4) is 0 Å². The van der Waals surface area contributed by atoms with Crippen LogP contribution in [0, 0.1) is 6.92 Å². The van der Waals surface area contributed by atoms with E-state index in [1.54, 1.807) is 0 Å². The fourth-order valence-corrected chi connectivity index (χ4v) is 3.67. The molecule has 2 heterocycles. The van der Waals surface area contributed by atoms with E-state index in [1.165, 1.54) is 18.6 Å². The average molecular weight is 438 g/mol. The van der Waals surface area contributed by atoms with Crippen molar-refractivity contribution in [3.8, 4) is 0 Å². The molecule has 2 N–H and O–H groups in total. The minimum atomic E-state index is -4.34. The first-order valence-corrected chi connectivity index (χ1v) is 10.5. The SMILES string of the molecule is CCN1CCCC1CNC(=NCc1ccc(C(F)(F)F)cc1)NCc1nnc(C)n1C. The summed E-state index contributed by atoms with van der Waals surface area (Å²) < 4.78 is 40.2. The number of aryl methyl sites for hydroxylation is 1. The van der Waals surface area contributed by atoms with E-state index < -0.39 is 11.7 Å². The van der Waals surface area contributed by atoms with Crippen molar-refractivity contribution in [1.29, 1.82) is 0 Å². The second-order valence-electron chi connectivity index (χ2n) is 7.74. The number of halogens is 3. The third-order valence-electron chi connectivity index (χ3n) is 5.71. The molecule has 1 aromatic carbocycles. The third-order valence-corrected chi connectivity index (χ3v) is 5.71. The summed E-state index contributed by atoms with van der Waals surface area (Å²) in [6, 6.07) is 5.55. The Kier molecular flexibility index (Phi) is 7.53. The summed E-state index contributed by atoms with van der Waals surface area (Å²) in [5.74, 6) is 2.19. The summed E-state index contributed by atoms with van der Waals surface area (Å²) in [7, 11) is 1.90. The lowest BCUT2D eigenvalue weighted by Gasteiger charge is -2.24. The molecule has 0 saturated carbocycles. The van der Waals surface area contributed by atoms with Crippen LogP contribution in [0.1, 0.15) is 42.5 Å². The van der Waals surface area contributed by atoms with Crippen molar-refractivity contribution in [1.82, 2.24) is 30.3 Å². The molecule has 0 aliphatic carbocycles. The molecular weight excluding hydrogens is 407 g/mol. The van der Waals surface area contributed by atoms with Crippen LogP contribution in [-0.4, -0.2) is 51.3 Å². The van der Waals surface area contributed by atoms with Crippen LogP contribution >= 0.6 is 0 Å². The number of alkyl halides is 3. The molecular formula is C21H30F3N7. The van der Waals surface area contributed by atoms with Crippen LogP contribution < -0.4 is 10.6 Å². The Hall–Kier alpha value is -2.62. The predicted octanol–water partition coefficient (Wildman–Crippen LogP) is 2.86. The van der Waals surface area contributed by atoms with Crippen molar-refractivity contribution in [3.05, 3.63) is 47.0 Å². The first kappa shape index (κ1) is 23.1. The Bertz CT molecular complexity index is 874. The molecule has 10 heteroatoms. The molecule has 1 fully saturated rings. The largest absolute Gasteiger partial charge is 0.416 e. The Labute approximate surface area is 180 Å². The second kappa shape index (κ2) is 10.1. The van der Waals surface area contributed by atoms with Crippen LogP contribution in [0.25, 0.3) is 0 Å². The van der Waals surface area contributed by atoms with E-state index in [1.807, 2.05) is 18.5 Å². The van der Waals surface area contributed by atoms with Crippen LogP contribution in [0.2, 0.25) is 0 Å². The highest BCUT2D eigenvalue weighted by Crippen LogP contribution is 2.29. The topological polar surface area (TPSA) is 70.4 Å². The quantitative estimate of drug-likeness (QED) is 0.515. The predicted molar refractivity (Wildman–Crippen MR) is 113 cm³/mol. The summed E-state index contributed by atoms with van der Waals surface area (Å²) in [6.07, 6.45) is -2.02. The maximum Gasteiger partial charge on any atom is 0.416 e. The zero-order chi connectivity index (χ0) is 22.4. The van der Waals surface area contributed by atoms with Gasteiger partial charge in [-0.15, -0.1) is 10.2 Å². The van der Waals surface area contributed by atoms with Gasteiger partial charge in [-0.05, 0) is 50.6 Å². The van der Waals surface area contributed by atoms with E-state index >= 15 is 0 Å². The van der Waals surface area contributed by atoms with Crippen molar-refractivity contribution < 1.29 is 13.2 Å². The van der Waals surface area contributed by atoms with Gasteiger partial charge < -0.3 is 15.2 Å². The first-order valence-electron chi connectivity index (χ1n) is 10.5. The molecule has 1 atom stereocenters. The Morgan fingerprint density at radius 3 is 2.55 bits per heavy atom. The number of likely N-dealkylation sites (tertiary alicyclic amines) is 1. The van der Waals surface area contributed by atoms with Crippen molar-refractivity contribution >= 4 is 5.96 Å². The van der Waals surface area contributed by atoms with Gasteiger partial charge in [0.1, 0.15) is 5.82 Å². The lowest BCUT2D eigenvalue weighted by molar-refractivity contribution is -0.137. The van der Waals surface area contributed by atoms with Gasteiger partial charge in [-0.1, -0.05) is 19.1 Å². The van der Waals surface area contributed by atoms with E-state index in [2.05, 4.69) is 37.6 Å². The fraction of sp³-hybridized carbons (Fsp3) is 0.571. The van der Waals surface area contributed by atoms with Crippen molar-refractivity contribution in [2.45, 2.75) is 52.0 Å². The molecule has 0 amide bonds. The van der Waals surface area contributed by atoms with Crippen LogP contribution in [0.5, 0.6) is 0 Å². The standard InChI is InChI=1S/C21H30F3N7/c1-4-31-11-5-6-18(31)13-26-20(27-14-19-29-28-15(2)30(19)3)25-12-16-7-9-17(10-8-16)21(22,23)24/h7-10,18H,4-6,11-14H2,1-3H3,(H2,25,26,27). The molecule has 1 unspecified atom stereocenters. The maximum absolute atomic E-state index is 12.8. The molecule has 0 radical (unpaired) electrons. The van der Waals surface area contributed by atoms with Crippen LogP contribution in [0.4, 0.5) is 13.2 Å². The van der Waals surface area contributed by atoms with Crippen LogP contribution in [-0.2, 0) is 26.3 Å². The van der Waals surface area contributed by atoms with Gasteiger partial charge in [0.2, 0.25) is 0 Å². The van der Waals surface area contributed by atoms with Crippen LogP contribution in [0.15, 0.2) is 29.3 Å². The number of likely N-dealkylation sites (N-methyl/N-ethyl adjacent to an activating group) is 1. The Balaban J connectivity index is 1.66. The number of hydrogen-bond acceptors (Lipinski definition) is 4. The summed E-state index contributed by atoms with van der Waals surface area (Å²) >= 11 is 0. The molecule has 1 aromatic heterocycles. The minimum Gasteiger partial charge on any atom is -0.355 e. The molecule has 0 bridgehead atoms. The molecule has 0 spiro atoms. The molecule has 2 aromatic rings. The normalized spacial score (nSPS) is 17.9. The minimum absolute atomic E-state index is 0.271. The summed E-state index contributed by atoms with van der Waals surface area (Å²) in [6.45, 7) is 7.62. The van der Waals surface area contributed by atoms with Crippen molar-refractivity contribution in [2.24, 2.45) is 12.0 Å². The van der Waals surface area contributed by atoms with Gasteiger partial charge in [0.05, 0.1) is 18.7 Å². The molecule has 31 heavy (non-hydrogen) atoms. The van der Waals surface area contributed by atoms with Gasteiger partial charge in [-0.25, -0.2) is 4.99 Å². The Morgan fingerprint density at radius 2 is 1.94 bits per heavy atom. The second-order valence-corrected chi connectivity index (χ2v) is 7.74. The number of aliphatic imine (C=N–C) groups is 1. The lowest BCUT2D eigenvalue weighted by atomic mass is 10.1. The molecule has 3 rings (SSSR count). The average Bonchev–Trinajstić information content (AvgIpc) is 3.33. The number of benzene rings is 1. The first-order chi connectivity index (χ1) is 14.8. The number of guanidine groups is 1. The highest BCUT2D eigenvalue weighted by molar-refractivity contribution is 5.79. The lowest BCUT2D eigenvalue weighted by Crippen LogP contribution is -2.44. The fourth-order valence-electron chi connectivity index (χ4n) is 3.67. The third kappa shape index (κ3) is 6.19. The smallest absolute Gasteiger partial charge is 0.355 e. The van der Waals surface area contributed by atoms with E-state index in [0.29, 0.717) is 24.1 Å². The zero-order valence-corrected chi connectivity index (χ0v) is 18.2. The van der Waals surface area contributed by atoms with Gasteiger partial charge >= 0.3 is 6.18 Å². The highest BCUT2D eigenvalue weighted by Gasteiger charge is 2.29. The number of nitrogens with one attached hydrogen (secondary N) is 2. The number of aromatic nitrogens is 3. The van der Waals surface area contributed by atoms with Gasteiger partial charge in [0.15, 0.2) is 11.8 Å². The summed E-state index contributed by atoms with van der Waals surface area (Å²) in [5, 5.41) is 14.9. The van der Waals surface area contributed by atoms with Gasteiger partial charge in [0.25, 0.3) is 0 Å². The van der Waals surface area contributed by atoms with E-state index in [-0.39, 0.29) is 6.54 Å². The maximum atomic E-state index is 12.8. The van der Waals surface area contributed by atoms with E-state index in [0.717, 1.165) is 49.8 Å². The van der Waals surface area contributed by atoms with Gasteiger partial charge in [-0.2, -0.15) is 13.2 Å². The van der Waals surface area contributed by atoms with Gasteiger partial charge in [-0.3, -0.25) is 4.90 Å². The van der Waals surface area contributed by atoms with E-state index in [4.69, 9.17) is 0 Å². The summed E-state index contributed by atoms with van der Waals surface area (Å²) in [4.78, 5) is 7.02. The monoisotopic (exact) mass is 437 g/mol. The van der Waals surface area contributed by atoms with E-state index in [9.17, 15) is 13.2 Å². The zero-order valence-electron chi connectivity index (χ0n) is 18.2. The molecule has 170 valence electrons. The van der Waals surface area contributed by atoms with Crippen molar-refractivity contribution in [2.75, 3.05) is 19.6 Å². The molecule has 1 aliphatic rings. The number of nitrogens with zero attached hydrogens (tertiary/aromatic N) is 5. The molecule has 7 nitrogen and oxygen atoms in total. The van der Waals surface area contributed by atoms with Crippen molar-refractivity contribution in [3.63, 3.8) is 0 Å².